The molecule has 0 spiro atoms. The number of fused-ring (bicyclic) bond motifs is 2. The Labute approximate surface area is 227 Å². The quantitative estimate of drug-likeness (QED) is 0.261. The Balaban J connectivity index is 1.24. The zero-order valence-electron chi connectivity index (χ0n) is 22.6. The van der Waals surface area contributed by atoms with Crippen molar-refractivity contribution >= 4 is 0 Å². The highest BCUT2D eigenvalue weighted by Crippen LogP contribution is 2.47. The van der Waals surface area contributed by atoms with Crippen molar-refractivity contribution < 1.29 is 36.2 Å². The molecule has 1 aliphatic heterocycles. The predicted octanol–water partition coefficient (Wildman–Crippen LogP) is 9.44. The van der Waals surface area contributed by atoms with Gasteiger partial charge in [0.15, 0.2) is 23.1 Å². The van der Waals surface area contributed by atoms with Gasteiger partial charge in [0.25, 0.3) is 0 Å². The number of halogens is 5. The van der Waals surface area contributed by atoms with Crippen molar-refractivity contribution in [2.75, 3.05) is 6.61 Å². The van der Waals surface area contributed by atoms with Crippen molar-refractivity contribution in [3.8, 4) is 17.2 Å². The third-order valence-electron chi connectivity index (χ3n) is 8.75. The van der Waals surface area contributed by atoms with Crippen molar-refractivity contribution in [1.29, 1.82) is 0 Å². The minimum absolute atomic E-state index is 0.00840. The highest BCUT2D eigenvalue weighted by Gasteiger charge is 2.45. The van der Waals surface area contributed by atoms with Gasteiger partial charge in [0.05, 0.1) is 18.6 Å². The molecule has 3 nitrogen and oxygen atoms in total. The van der Waals surface area contributed by atoms with Gasteiger partial charge in [-0.05, 0) is 87.8 Å². The topological polar surface area (TPSA) is 27.7 Å². The van der Waals surface area contributed by atoms with Gasteiger partial charge in [-0.15, -0.1) is 0 Å². The van der Waals surface area contributed by atoms with Gasteiger partial charge < -0.3 is 14.2 Å². The second-order valence-electron chi connectivity index (χ2n) is 11.3. The molecule has 5 rings (SSSR count). The molecule has 214 valence electrons. The van der Waals surface area contributed by atoms with Crippen LogP contribution in [-0.4, -0.2) is 18.8 Å². The number of rotatable bonds is 8. The fraction of sp³-hybridized carbons (Fsp3) is 0.613. The number of benzene rings is 2. The minimum Gasteiger partial charge on any atom is -0.491 e. The molecule has 2 aromatic rings. The van der Waals surface area contributed by atoms with Gasteiger partial charge in [0, 0.05) is 17.5 Å². The van der Waals surface area contributed by atoms with Gasteiger partial charge in [-0.2, -0.15) is 17.6 Å². The Morgan fingerprint density at radius 2 is 1.54 bits per heavy atom. The van der Waals surface area contributed by atoms with Crippen LogP contribution < -0.4 is 9.47 Å². The maximum Gasteiger partial charge on any atom is 0.358 e. The van der Waals surface area contributed by atoms with Gasteiger partial charge in [0.1, 0.15) is 0 Å². The number of hydrogen-bond acceptors (Lipinski definition) is 3. The summed E-state index contributed by atoms with van der Waals surface area (Å²) in [5.41, 5.74) is 1.16. The highest BCUT2D eigenvalue weighted by atomic mass is 19.3. The van der Waals surface area contributed by atoms with Crippen LogP contribution in [0, 0.1) is 29.3 Å². The Morgan fingerprint density at radius 3 is 2.21 bits per heavy atom. The first kappa shape index (κ1) is 28.2. The summed E-state index contributed by atoms with van der Waals surface area (Å²) >= 11 is 0. The Hall–Kier alpha value is -2.35. The van der Waals surface area contributed by atoms with Crippen LogP contribution in [0.1, 0.15) is 101 Å². The van der Waals surface area contributed by atoms with Crippen molar-refractivity contribution in [2.24, 2.45) is 11.8 Å². The molecule has 0 radical (unpaired) electrons. The van der Waals surface area contributed by atoms with Crippen LogP contribution in [0.4, 0.5) is 22.0 Å². The molecule has 39 heavy (non-hydrogen) atoms. The molecule has 0 N–H and O–H groups in total. The van der Waals surface area contributed by atoms with E-state index in [0.29, 0.717) is 55.6 Å². The zero-order chi connectivity index (χ0) is 27.7. The second-order valence-corrected chi connectivity index (χ2v) is 11.3. The van der Waals surface area contributed by atoms with E-state index in [1.165, 1.54) is 6.07 Å². The van der Waals surface area contributed by atoms with Gasteiger partial charge in [-0.3, -0.25) is 0 Å². The number of hydrogen-bond donors (Lipinski definition) is 0. The van der Waals surface area contributed by atoms with Gasteiger partial charge in [0.2, 0.25) is 11.6 Å². The monoisotopic (exact) mass is 552 g/mol. The minimum atomic E-state index is -3.17. The van der Waals surface area contributed by atoms with E-state index >= 15 is 8.78 Å². The molecular formula is C31H37F5O3. The van der Waals surface area contributed by atoms with E-state index in [1.54, 1.807) is 19.1 Å². The number of ether oxygens (including phenoxy) is 3. The summed E-state index contributed by atoms with van der Waals surface area (Å²) in [4.78, 5) is 0. The molecule has 0 atom stereocenters. The molecule has 3 aliphatic rings. The summed E-state index contributed by atoms with van der Waals surface area (Å²) < 4.78 is 91.3. The van der Waals surface area contributed by atoms with Crippen LogP contribution in [0.25, 0.3) is 0 Å². The summed E-state index contributed by atoms with van der Waals surface area (Å²) in [5, 5.41) is 0. The first-order chi connectivity index (χ1) is 18.7. The largest absolute Gasteiger partial charge is 0.491 e. The summed E-state index contributed by atoms with van der Waals surface area (Å²) in [5.74, 6) is -3.95. The molecule has 0 saturated heterocycles. The lowest BCUT2D eigenvalue weighted by molar-refractivity contribution is -0.301. The smallest absolute Gasteiger partial charge is 0.358 e. The summed E-state index contributed by atoms with van der Waals surface area (Å²) in [6.45, 7) is 4.09. The van der Waals surface area contributed by atoms with E-state index in [1.807, 2.05) is 0 Å². The molecule has 2 saturated carbocycles. The fourth-order valence-electron chi connectivity index (χ4n) is 6.63. The van der Waals surface area contributed by atoms with E-state index in [9.17, 15) is 13.2 Å². The van der Waals surface area contributed by atoms with Crippen LogP contribution in [0.2, 0.25) is 0 Å². The zero-order valence-corrected chi connectivity index (χ0v) is 22.6. The van der Waals surface area contributed by atoms with Crippen LogP contribution >= 0.6 is 0 Å². The predicted molar refractivity (Wildman–Crippen MR) is 138 cm³/mol. The SMILES string of the molecule is CCCC1CCC(C(F)(F)OC2CCC(c3cc4c(c(F)c3F)Oc3c(ccc(OCC)c3F)C4)CC2)CC1. The van der Waals surface area contributed by atoms with Gasteiger partial charge in [-0.1, -0.05) is 25.8 Å². The van der Waals surface area contributed by atoms with Crippen LogP contribution in [-0.2, 0) is 11.2 Å². The first-order valence-electron chi connectivity index (χ1n) is 14.4. The summed E-state index contributed by atoms with van der Waals surface area (Å²) in [6.07, 6.45) is 2.74. The van der Waals surface area contributed by atoms with E-state index < -0.39 is 35.6 Å². The molecule has 2 aromatic carbocycles. The van der Waals surface area contributed by atoms with E-state index in [4.69, 9.17) is 14.2 Å². The van der Waals surface area contributed by atoms with Crippen LogP contribution in [0.5, 0.6) is 17.2 Å². The molecular weight excluding hydrogens is 515 g/mol. The fourth-order valence-corrected chi connectivity index (χ4v) is 6.63. The Kier molecular flexibility index (Phi) is 8.41. The third-order valence-corrected chi connectivity index (χ3v) is 8.75. The second kappa shape index (κ2) is 11.6. The lowest BCUT2D eigenvalue weighted by Crippen LogP contribution is -2.39. The maximum absolute atomic E-state index is 15.2. The summed E-state index contributed by atoms with van der Waals surface area (Å²) in [7, 11) is 0. The van der Waals surface area contributed by atoms with Crippen molar-refractivity contribution in [2.45, 2.75) is 103 Å². The lowest BCUT2D eigenvalue weighted by atomic mass is 9.79. The highest BCUT2D eigenvalue weighted by molar-refractivity contribution is 5.55. The Bertz CT molecular complexity index is 1170. The van der Waals surface area contributed by atoms with E-state index in [-0.39, 0.29) is 41.8 Å². The molecule has 0 unspecified atom stereocenters. The maximum atomic E-state index is 15.2. The van der Waals surface area contributed by atoms with Crippen LogP contribution in [0.15, 0.2) is 18.2 Å². The van der Waals surface area contributed by atoms with Gasteiger partial charge in [-0.25, -0.2) is 4.39 Å². The van der Waals surface area contributed by atoms with Gasteiger partial charge >= 0.3 is 6.11 Å². The molecule has 8 heteroatoms. The van der Waals surface area contributed by atoms with E-state index in [2.05, 4.69) is 6.92 Å². The molecule has 2 aliphatic carbocycles. The first-order valence-corrected chi connectivity index (χ1v) is 14.4. The lowest BCUT2D eigenvalue weighted by Gasteiger charge is -2.37. The average Bonchev–Trinajstić information content (AvgIpc) is 2.93. The third kappa shape index (κ3) is 5.77. The molecule has 1 heterocycles. The summed E-state index contributed by atoms with van der Waals surface area (Å²) in [6, 6.07) is 4.74. The molecule has 0 amide bonds. The normalized spacial score (nSPS) is 25.0. The molecule has 0 aromatic heterocycles. The standard InChI is InChI=1S/C31H37F5O3/c1-3-5-18-6-11-22(12-7-18)31(35,36)39-23-13-8-19(9-14-23)24-17-21-16-20-10-15-25(37-4-2)27(33)29(20)38-30(21)28(34)26(24)32/h10,15,17-19,22-23H,3-9,11-14,16H2,1-2H3. The number of alkyl halides is 2. The molecule has 0 bridgehead atoms. The van der Waals surface area contributed by atoms with Crippen molar-refractivity contribution in [1.82, 2.24) is 0 Å². The van der Waals surface area contributed by atoms with Crippen LogP contribution in [0.3, 0.4) is 0 Å². The van der Waals surface area contributed by atoms with Crippen molar-refractivity contribution in [3.63, 3.8) is 0 Å². The van der Waals surface area contributed by atoms with E-state index in [0.717, 1.165) is 25.7 Å². The van der Waals surface area contributed by atoms with Crippen molar-refractivity contribution in [3.05, 3.63) is 52.3 Å². The average molecular weight is 553 g/mol. The molecule has 2 fully saturated rings. The Morgan fingerprint density at radius 1 is 0.846 bits per heavy atom.